The fourth-order valence-corrected chi connectivity index (χ4v) is 3.66. The van der Waals surface area contributed by atoms with Crippen molar-refractivity contribution < 1.29 is 4.79 Å². The molecular weight excluding hydrogens is 463 g/mol. The van der Waals surface area contributed by atoms with Crippen LogP contribution in [0.15, 0.2) is 10.4 Å². The van der Waals surface area contributed by atoms with Crippen LogP contribution in [0.1, 0.15) is 30.5 Å². The maximum absolute atomic E-state index is 11.9. The highest BCUT2D eigenvalue weighted by Gasteiger charge is 2.25. The van der Waals surface area contributed by atoms with Crippen molar-refractivity contribution >= 4 is 47.2 Å². The minimum absolute atomic E-state index is 0. The molecule has 0 unspecified atom stereocenters. The number of carbonyl (C=O) groups is 1. The number of thiazole rings is 1. The Hall–Kier alpha value is -0.940. The molecule has 1 aromatic rings. The van der Waals surface area contributed by atoms with Gasteiger partial charge in [-0.3, -0.25) is 14.7 Å². The standard InChI is InChI=1S/C17H28N6OS.HI/c1-3-16-21-14(12-25-16)10-19-17(18-2)23-8-6-22(7-9-23)11-15(24)20-13-4-5-13;/h12-13H,3-11H2,1-2H3,(H,18,19)(H,20,24);1H. The Bertz CT molecular complexity index is 610. The first-order valence-corrected chi connectivity index (χ1v) is 9.96. The average Bonchev–Trinajstić information content (AvgIpc) is 3.31. The number of halogens is 1. The summed E-state index contributed by atoms with van der Waals surface area (Å²) in [6, 6.07) is 0.441. The van der Waals surface area contributed by atoms with Crippen LogP contribution in [0.2, 0.25) is 0 Å². The average molecular weight is 492 g/mol. The van der Waals surface area contributed by atoms with Crippen molar-refractivity contribution in [1.82, 2.24) is 25.4 Å². The quantitative estimate of drug-likeness (QED) is 0.356. The summed E-state index contributed by atoms with van der Waals surface area (Å²) in [7, 11) is 1.82. The summed E-state index contributed by atoms with van der Waals surface area (Å²) >= 11 is 1.71. The predicted molar refractivity (Wildman–Crippen MR) is 116 cm³/mol. The monoisotopic (exact) mass is 492 g/mol. The second kappa shape index (κ2) is 10.4. The van der Waals surface area contributed by atoms with Gasteiger partial charge in [0, 0.05) is 44.6 Å². The lowest BCUT2D eigenvalue weighted by Gasteiger charge is -2.36. The van der Waals surface area contributed by atoms with Crippen LogP contribution in [0.5, 0.6) is 0 Å². The molecule has 0 spiro atoms. The van der Waals surface area contributed by atoms with E-state index in [1.54, 1.807) is 11.3 Å². The second-order valence-electron chi connectivity index (χ2n) is 6.59. The molecule has 0 radical (unpaired) electrons. The Kier molecular flexibility index (Phi) is 8.55. The van der Waals surface area contributed by atoms with Crippen LogP contribution in [0.4, 0.5) is 0 Å². The molecule has 1 saturated carbocycles. The van der Waals surface area contributed by atoms with Crippen LogP contribution in [-0.4, -0.2) is 72.5 Å². The largest absolute Gasteiger partial charge is 0.352 e. The molecule has 1 aliphatic carbocycles. The van der Waals surface area contributed by atoms with Crippen molar-refractivity contribution in [2.45, 2.75) is 38.8 Å². The van der Waals surface area contributed by atoms with E-state index in [-0.39, 0.29) is 29.9 Å². The van der Waals surface area contributed by atoms with E-state index in [9.17, 15) is 4.79 Å². The highest BCUT2D eigenvalue weighted by Crippen LogP contribution is 2.18. The number of nitrogens with one attached hydrogen (secondary N) is 2. The SMILES string of the molecule is CCc1nc(CNC(=NC)N2CCN(CC(=O)NC3CC3)CC2)cs1.I. The minimum atomic E-state index is 0. The summed E-state index contributed by atoms with van der Waals surface area (Å²) in [4.78, 5) is 25.4. The number of carbonyl (C=O) groups excluding carboxylic acids is 1. The van der Waals surface area contributed by atoms with Crippen LogP contribution in [0.25, 0.3) is 0 Å². The van der Waals surface area contributed by atoms with Crippen LogP contribution in [0.3, 0.4) is 0 Å². The molecule has 7 nitrogen and oxygen atoms in total. The first-order valence-electron chi connectivity index (χ1n) is 9.08. The molecule has 1 saturated heterocycles. The lowest BCUT2D eigenvalue weighted by Crippen LogP contribution is -2.54. The predicted octanol–water partition coefficient (Wildman–Crippen LogP) is 1.30. The van der Waals surface area contributed by atoms with E-state index in [0.29, 0.717) is 19.1 Å². The number of aliphatic imine (C=N–C) groups is 1. The molecule has 0 atom stereocenters. The summed E-state index contributed by atoms with van der Waals surface area (Å²) in [5.41, 5.74) is 1.07. The Morgan fingerprint density at radius 1 is 1.35 bits per heavy atom. The normalized spacial score (nSPS) is 18.4. The molecule has 9 heteroatoms. The van der Waals surface area contributed by atoms with Gasteiger partial charge in [0.2, 0.25) is 5.91 Å². The molecule has 1 aliphatic heterocycles. The molecule has 2 N–H and O–H groups in total. The fraction of sp³-hybridized carbons (Fsp3) is 0.706. The number of aromatic nitrogens is 1. The van der Waals surface area contributed by atoms with E-state index < -0.39 is 0 Å². The van der Waals surface area contributed by atoms with Crippen molar-refractivity contribution in [3.05, 3.63) is 16.1 Å². The molecule has 1 aromatic heterocycles. The van der Waals surface area contributed by atoms with E-state index in [1.165, 1.54) is 5.01 Å². The van der Waals surface area contributed by atoms with E-state index in [0.717, 1.165) is 57.1 Å². The zero-order valence-electron chi connectivity index (χ0n) is 15.5. The Morgan fingerprint density at radius 3 is 2.65 bits per heavy atom. The lowest BCUT2D eigenvalue weighted by atomic mass is 10.3. The van der Waals surface area contributed by atoms with Gasteiger partial charge in [0.05, 0.1) is 23.8 Å². The lowest BCUT2D eigenvalue weighted by molar-refractivity contribution is -0.122. The number of guanidine groups is 1. The minimum Gasteiger partial charge on any atom is -0.352 e. The molecule has 1 amide bonds. The summed E-state index contributed by atoms with van der Waals surface area (Å²) in [5.74, 6) is 1.07. The zero-order chi connectivity index (χ0) is 17.6. The second-order valence-corrected chi connectivity index (χ2v) is 7.53. The molecule has 2 heterocycles. The van der Waals surface area contributed by atoms with E-state index >= 15 is 0 Å². The summed E-state index contributed by atoms with van der Waals surface area (Å²) in [5, 5.41) is 9.74. The van der Waals surface area contributed by atoms with Gasteiger partial charge in [-0.05, 0) is 19.3 Å². The van der Waals surface area contributed by atoms with Gasteiger partial charge in [-0.25, -0.2) is 4.98 Å². The number of nitrogens with zero attached hydrogens (tertiary/aromatic N) is 4. The van der Waals surface area contributed by atoms with Gasteiger partial charge in [0.25, 0.3) is 0 Å². The number of rotatable bonds is 6. The molecule has 0 bridgehead atoms. The highest BCUT2D eigenvalue weighted by atomic mass is 127. The summed E-state index contributed by atoms with van der Waals surface area (Å²) < 4.78 is 0. The molecule has 26 heavy (non-hydrogen) atoms. The first-order chi connectivity index (χ1) is 12.2. The van der Waals surface area contributed by atoms with Crippen molar-refractivity contribution in [2.75, 3.05) is 39.8 Å². The molecule has 0 aromatic carbocycles. The Morgan fingerprint density at radius 2 is 2.08 bits per heavy atom. The van der Waals surface area contributed by atoms with Gasteiger partial charge >= 0.3 is 0 Å². The number of aryl methyl sites for hydroxylation is 1. The molecule has 2 aliphatic rings. The third kappa shape index (κ3) is 6.34. The van der Waals surface area contributed by atoms with Gasteiger partial charge in [0.15, 0.2) is 5.96 Å². The van der Waals surface area contributed by atoms with Gasteiger partial charge in [-0.15, -0.1) is 35.3 Å². The van der Waals surface area contributed by atoms with Gasteiger partial charge in [0.1, 0.15) is 0 Å². The third-order valence-electron chi connectivity index (χ3n) is 4.52. The smallest absolute Gasteiger partial charge is 0.234 e. The van der Waals surface area contributed by atoms with Gasteiger partial charge < -0.3 is 15.5 Å². The Balaban J connectivity index is 0.00000243. The number of piperazine rings is 1. The topological polar surface area (TPSA) is 72.9 Å². The first kappa shape index (κ1) is 21.4. The molecule has 3 rings (SSSR count). The summed E-state index contributed by atoms with van der Waals surface area (Å²) in [6.07, 6.45) is 3.26. The van der Waals surface area contributed by atoms with Crippen LogP contribution in [0, 0.1) is 0 Å². The van der Waals surface area contributed by atoms with E-state index in [1.807, 2.05) is 7.05 Å². The van der Waals surface area contributed by atoms with Crippen LogP contribution < -0.4 is 10.6 Å². The van der Waals surface area contributed by atoms with Crippen molar-refractivity contribution in [1.29, 1.82) is 0 Å². The molecule has 2 fully saturated rings. The van der Waals surface area contributed by atoms with Gasteiger partial charge in [-0.2, -0.15) is 0 Å². The fourth-order valence-electron chi connectivity index (χ4n) is 2.92. The highest BCUT2D eigenvalue weighted by molar-refractivity contribution is 14.0. The van der Waals surface area contributed by atoms with E-state index in [4.69, 9.17) is 0 Å². The third-order valence-corrected chi connectivity index (χ3v) is 5.56. The number of hydrogen-bond donors (Lipinski definition) is 2. The number of amides is 1. The van der Waals surface area contributed by atoms with E-state index in [2.05, 4.69) is 42.7 Å². The van der Waals surface area contributed by atoms with Crippen LogP contribution in [-0.2, 0) is 17.8 Å². The Labute approximate surface area is 176 Å². The number of hydrogen-bond acceptors (Lipinski definition) is 5. The molecular formula is C17H29IN6OS. The van der Waals surface area contributed by atoms with Gasteiger partial charge in [-0.1, -0.05) is 6.92 Å². The van der Waals surface area contributed by atoms with Crippen molar-refractivity contribution in [3.63, 3.8) is 0 Å². The van der Waals surface area contributed by atoms with Crippen molar-refractivity contribution in [2.24, 2.45) is 4.99 Å². The summed E-state index contributed by atoms with van der Waals surface area (Å²) in [6.45, 7) is 6.87. The molecule has 146 valence electrons. The maximum atomic E-state index is 11.9. The van der Waals surface area contributed by atoms with Crippen LogP contribution >= 0.6 is 35.3 Å². The van der Waals surface area contributed by atoms with Crippen molar-refractivity contribution in [3.8, 4) is 0 Å². The maximum Gasteiger partial charge on any atom is 0.234 e. The zero-order valence-corrected chi connectivity index (χ0v) is 18.7.